The Labute approximate surface area is 223 Å². The van der Waals surface area contributed by atoms with Gasteiger partial charge in [0.15, 0.2) is 12.4 Å². The number of carbonyl (C=O) groups is 5. The molecule has 2 aromatic rings. The Morgan fingerprint density at radius 1 is 0.892 bits per heavy atom. The molecule has 0 fully saturated rings. The molecule has 2 aromatic carbocycles. The lowest BCUT2D eigenvalue weighted by Gasteiger charge is -2.24. The maximum Gasteiger partial charge on any atom is 0.408 e. The highest BCUT2D eigenvalue weighted by Crippen LogP contribution is 2.25. The van der Waals surface area contributed by atoms with Gasteiger partial charge in [-0.05, 0) is 23.6 Å². The van der Waals surface area contributed by atoms with E-state index in [1.165, 1.54) is 18.2 Å². The van der Waals surface area contributed by atoms with Gasteiger partial charge in [0, 0.05) is 0 Å². The van der Waals surface area contributed by atoms with Crippen LogP contribution in [-0.4, -0.2) is 53.5 Å². The average molecular weight is 553 g/mol. The molecule has 0 radical (unpaired) electrons. The number of alkyl carbamates (subject to hydrolysis) is 1. The molecule has 0 bridgehead atoms. The predicted molar refractivity (Wildman–Crippen MR) is 134 cm³/mol. The molecule has 0 aliphatic heterocycles. The lowest BCUT2D eigenvalue weighted by molar-refractivity contribution is -0.141. The molecule has 3 N–H and O–H groups in total. The van der Waals surface area contributed by atoms with Gasteiger partial charge in [-0.1, -0.05) is 73.4 Å². The lowest BCUT2D eigenvalue weighted by atomic mass is 10.0. The van der Waals surface area contributed by atoms with Crippen molar-refractivity contribution in [2.45, 2.75) is 39.0 Å². The molecule has 198 valence electrons. The minimum atomic E-state index is -1.54. The first kappa shape index (κ1) is 29.6. The minimum absolute atomic E-state index is 0.00494. The van der Waals surface area contributed by atoms with Crippen molar-refractivity contribution in [3.05, 3.63) is 69.7 Å². The normalized spacial score (nSPS) is 12.2. The second kappa shape index (κ2) is 14.2. The first-order valence-corrected chi connectivity index (χ1v) is 11.9. The summed E-state index contributed by atoms with van der Waals surface area (Å²) >= 11 is 11.9. The van der Waals surface area contributed by atoms with Crippen molar-refractivity contribution in [1.29, 1.82) is 0 Å². The van der Waals surface area contributed by atoms with Crippen molar-refractivity contribution in [2.75, 3.05) is 6.61 Å². The van der Waals surface area contributed by atoms with Crippen LogP contribution in [0.25, 0.3) is 0 Å². The van der Waals surface area contributed by atoms with Gasteiger partial charge in [0.05, 0.1) is 22.0 Å². The van der Waals surface area contributed by atoms with E-state index in [1.54, 1.807) is 38.1 Å². The Balaban J connectivity index is 2.02. The lowest BCUT2D eigenvalue weighted by Crippen LogP contribution is -2.54. The van der Waals surface area contributed by atoms with Crippen LogP contribution < -0.4 is 10.6 Å². The number of esters is 1. The molecule has 2 amide bonds. The van der Waals surface area contributed by atoms with Crippen molar-refractivity contribution in [3.8, 4) is 0 Å². The summed E-state index contributed by atoms with van der Waals surface area (Å²) in [5.74, 6) is -4.51. The van der Waals surface area contributed by atoms with E-state index in [9.17, 15) is 29.1 Å². The Hall–Kier alpha value is -3.63. The van der Waals surface area contributed by atoms with E-state index in [-0.39, 0.29) is 22.2 Å². The Morgan fingerprint density at radius 2 is 1.51 bits per heavy atom. The summed E-state index contributed by atoms with van der Waals surface area (Å²) in [5, 5.41) is 14.0. The fourth-order valence-electron chi connectivity index (χ4n) is 3.11. The van der Waals surface area contributed by atoms with E-state index in [1.807, 2.05) is 6.07 Å². The summed E-state index contributed by atoms with van der Waals surface area (Å²) in [4.78, 5) is 61.4. The maximum atomic E-state index is 12.9. The third-order valence-corrected chi connectivity index (χ3v) is 5.66. The summed E-state index contributed by atoms with van der Waals surface area (Å²) in [6.45, 7) is 2.41. The van der Waals surface area contributed by atoms with Crippen LogP contribution in [0, 0.1) is 5.92 Å². The highest BCUT2D eigenvalue weighted by atomic mass is 35.5. The van der Waals surface area contributed by atoms with Gasteiger partial charge >= 0.3 is 18.0 Å². The van der Waals surface area contributed by atoms with E-state index in [4.69, 9.17) is 32.7 Å². The number of ether oxygens (including phenoxy) is 2. The quantitative estimate of drug-likeness (QED) is 0.338. The SMILES string of the molecule is CC(C)C(NC(=O)OCc1ccccc1)C(=O)N[C@@H](CC(=O)O)C(=O)COC(=O)c1c(Cl)cccc1Cl. The summed E-state index contributed by atoms with van der Waals surface area (Å²) in [5.41, 5.74) is 0.582. The minimum Gasteiger partial charge on any atom is -0.481 e. The largest absolute Gasteiger partial charge is 0.481 e. The molecule has 0 saturated carbocycles. The molecule has 10 nitrogen and oxygen atoms in total. The number of ketones is 1. The van der Waals surface area contributed by atoms with E-state index < -0.39 is 60.8 Å². The van der Waals surface area contributed by atoms with Crippen LogP contribution in [0.3, 0.4) is 0 Å². The first-order valence-electron chi connectivity index (χ1n) is 11.1. The predicted octanol–water partition coefficient (Wildman–Crippen LogP) is 3.63. The number of nitrogens with one attached hydrogen (secondary N) is 2. The summed E-state index contributed by atoms with van der Waals surface area (Å²) in [6, 6.07) is 10.5. The van der Waals surface area contributed by atoms with Crippen LogP contribution in [0.1, 0.15) is 36.2 Å². The number of Topliss-reactive ketones (excluding diaryl/α,β-unsaturated/α-hetero) is 1. The number of hydrogen-bond acceptors (Lipinski definition) is 7. The molecule has 2 rings (SSSR count). The highest BCUT2D eigenvalue weighted by Gasteiger charge is 2.31. The Bertz CT molecular complexity index is 1120. The van der Waals surface area contributed by atoms with Crippen LogP contribution in [0.4, 0.5) is 4.79 Å². The van der Waals surface area contributed by atoms with E-state index in [0.29, 0.717) is 0 Å². The number of halogens is 2. The molecule has 12 heteroatoms. The number of amides is 2. The topological polar surface area (TPSA) is 148 Å². The molecule has 0 aromatic heterocycles. The van der Waals surface area contributed by atoms with Gasteiger partial charge < -0.3 is 25.2 Å². The van der Waals surface area contributed by atoms with Crippen LogP contribution >= 0.6 is 23.2 Å². The van der Waals surface area contributed by atoms with Crippen molar-refractivity contribution < 1.29 is 38.6 Å². The molecule has 0 spiro atoms. The van der Waals surface area contributed by atoms with E-state index >= 15 is 0 Å². The molecule has 0 aliphatic rings. The van der Waals surface area contributed by atoms with Gasteiger partial charge in [-0.15, -0.1) is 0 Å². The summed E-state index contributed by atoms with van der Waals surface area (Å²) in [7, 11) is 0. The van der Waals surface area contributed by atoms with E-state index in [0.717, 1.165) is 5.56 Å². The van der Waals surface area contributed by atoms with Crippen LogP contribution in [0.2, 0.25) is 10.0 Å². The number of carboxylic acids is 1. The number of hydrogen-bond donors (Lipinski definition) is 3. The van der Waals surface area contributed by atoms with Gasteiger partial charge in [-0.25, -0.2) is 9.59 Å². The third kappa shape index (κ3) is 9.40. The number of aliphatic carboxylic acids is 1. The molecular weight excluding hydrogens is 527 g/mol. The number of benzene rings is 2. The fourth-order valence-corrected chi connectivity index (χ4v) is 3.66. The van der Waals surface area contributed by atoms with Crippen LogP contribution in [-0.2, 0) is 30.5 Å². The second-order valence-corrected chi connectivity index (χ2v) is 9.04. The van der Waals surface area contributed by atoms with Crippen LogP contribution in [0.15, 0.2) is 48.5 Å². The van der Waals surface area contributed by atoms with Gasteiger partial charge in [-0.2, -0.15) is 0 Å². The van der Waals surface area contributed by atoms with E-state index in [2.05, 4.69) is 10.6 Å². The molecule has 1 unspecified atom stereocenters. The Morgan fingerprint density at radius 3 is 2.08 bits per heavy atom. The van der Waals surface area contributed by atoms with Gasteiger partial charge in [0.25, 0.3) is 0 Å². The standard InChI is InChI=1S/C25H26Cl2N2O8/c1-14(2)22(29-25(35)37-12-15-7-4-3-5-8-15)23(33)28-18(11-20(31)32)19(30)13-36-24(34)21-16(26)9-6-10-17(21)27/h3-10,14,18,22H,11-13H2,1-2H3,(H,28,33)(H,29,35)(H,31,32)/t18-,22?/m0/s1. The molecule has 0 aliphatic carbocycles. The number of rotatable bonds is 12. The average Bonchev–Trinajstić information content (AvgIpc) is 2.84. The monoisotopic (exact) mass is 552 g/mol. The first-order chi connectivity index (χ1) is 17.5. The maximum absolute atomic E-state index is 12.9. The van der Waals surface area contributed by atoms with Crippen LogP contribution in [0.5, 0.6) is 0 Å². The highest BCUT2D eigenvalue weighted by molar-refractivity contribution is 6.39. The zero-order valence-corrected chi connectivity index (χ0v) is 21.5. The second-order valence-electron chi connectivity index (χ2n) is 8.23. The summed E-state index contributed by atoms with van der Waals surface area (Å²) in [6.07, 6.45) is -1.65. The molecular formula is C25H26Cl2N2O8. The molecule has 0 heterocycles. The fraction of sp³-hybridized carbons (Fsp3) is 0.320. The van der Waals surface area contributed by atoms with Crippen molar-refractivity contribution in [2.24, 2.45) is 5.92 Å². The smallest absolute Gasteiger partial charge is 0.408 e. The summed E-state index contributed by atoms with van der Waals surface area (Å²) < 4.78 is 10.1. The van der Waals surface area contributed by atoms with Gasteiger partial charge in [0.1, 0.15) is 18.7 Å². The van der Waals surface area contributed by atoms with Crippen molar-refractivity contribution in [3.63, 3.8) is 0 Å². The zero-order chi connectivity index (χ0) is 27.5. The van der Waals surface area contributed by atoms with Crippen molar-refractivity contribution in [1.82, 2.24) is 10.6 Å². The Kier molecular flexibility index (Phi) is 11.4. The molecule has 0 saturated heterocycles. The molecule has 2 atom stereocenters. The molecule has 37 heavy (non-hydrogen) atoms. The number of carboxylic acid groups (broad SMARTS) is 1. The zero-order valence-electron chi connectivity index (χ0n) is 20.0. The van der Waals surface area contributed by atoms with Gasteiger partial charge in [-0.3, -0.25) is 14.4 Å². The van der Waals surface area contributed by atoms with Crippen molar-refractivity contribution >= 4 is 52.9 Å². The number of carbonyl (C=O) groups excluding carboxylic acids is 4. The third-order valence-electron chi connectivity index (χ3n) is 5.03. The van der Waals surface area contributed by atoms with Gasteiger partial charge in [0.2, 0.25) is 5.91 Å².